The molecule has 0 aliphatic heterocycles. The SMILES string of the molecule is C=NC(=O)c1ccccc1Oc1ccc(NC(=O)c2cc(CC)nc3c2cnn3C(C)C)cc1. The third-order valence-corrected chi connectivity index (χ3v) is 5.32. The number of aryl methyl sites for hydroxylation is 1. The van der Waals surface area contributed by atoms with Crippen molar-refractivity contribution >= 4 is 35.3 Å². The minimum Gasteiger partial charge on any atom is -0.457 e. The fourth-order valence-electron chi connectivity index (χ4n) is 3.57. The maximum atomic E-state index is 13.1. The summed E-state index contributed by atoms with van der Waals surface area (Å²) in [6.45, 7) is 9.34. The van der Waals surface area contributed by atoms with Crippen LogP contribution in [0.15, 0.2) is 65.8 Å². The van der Waals surface area contributed by atoms with Crippen LogP contribution in [0.5, 0.6) is 11.5 Å². The van der Waals surface area contributed by atoms with Crippen LogP contribution in [0.1, 0.15) is 53.2 Å². The Kier molecular flexibility index (Phi) is 6.49. The van der Waals surface area contributed by atoms with Crippen molar-refractivity contribution in [2.45, 2.75) is 33.2 Å². The highest BCUT2D eigenvalue weighted by Gasteiger charge is 2.18. The van der Waals surface area contributed by atoms with Crippen LogP contribution >= 0.6 is 0 Å². The normalized spacial score (nSPS) is 10.9. The van der Waals surface area contributed by atoms with Crippen LogP contribution in [0.2, 0.25) is 0 Å². The summed E-state index contributed by atoms with van der Waals surface area (Å²) in [6.07, 6.45) is 2.39. The highest BCUT2D eigenvalue weighted by molar-refractivity contribution is 6.12. The molecule has 8 nitrogen and oxygen atoms in total. The van der Waals surface area contributed by atoms with E-state index in [9.17, 15) is 9.59 Å². The van der Waals surface area contributed by atoms with E-state index in [-0.39, 0.29) is 11.9 Å². The molecule has 2 amide bonds. The summed E-state index contributed by atoms with van der Waals surface area (Å²) in [5.74, 6) is 0.188. The lowest BCUT2D eigenvalue weighted by atomic mass is 10.1. The minimum atomic E-state index is -0.463. The topological polar surface area (TPSA) is 98.5 Å². The molecule has 2 aromatic carbocycles. The number of benzene rings is 2. The number of anilines is 1. The van der Waals surface area contributed by atoms with Crippen LogP contribution in [-0.2, 0) is 6.42 Å². The zero-order chi connectivity index (χ0) is 24.2. The summed E-state index contributed by atoms with van der Waals surface area (Å²) in [5, 5.41) is 8.06. The second kappa shape index (κ2) is 9.66. The molecular formula is C26H25N5O3. The first-order chi connectivity index (χ1) is 16.4. The van der Waals surface area contributed by atoms with Crippen molar-refractivity contribution in [2.75, 3.05) is 5.32 Å². The van der Waals surface area contributed by atoms with Crippen LogP contribution < -0.4 is 10.1 Å². The van der Waals surface area contributed by atoms with E-state index in [0.29, 0.717) is 45.8 Å². The summed E-state index contributed by atoms with van der Waals surface area (Å²) in [4.78, 5) is 33.2. The van der Waals surface area contributed by atoms with Crippen molar-refractivity contribution in [3.8, 4) is 11.5 Å². The van der Waals surface area contributed by atoms with Gasteiger partial charge in [0.2, 0.25) is 0 Å². The Morgan fingerprint density at radius 2 is 1.85 bits per heavy atom. The van der Waals surface area contributed by atoms with E-state index in [4.69, 9.17) is 4.74 Å². The number of carbonyl (C=O) groups excluding carboxylic acids is 2. The smallest absolute Gasteiger partial charge is 0.280 e. The molecule has 0 fully saturated rings. The molecule has 0 atom stereocenters. The van der Waals surface area contributed by atoms with Gasteiger partial charge < -0.3 is 10.1 Å². The fraction of sp³-hybridized carbons (Fsp3) is 0.192. The Hall–Kier alpha value is -4.33. The van der Waals surface area contributed by atoms with Gasteiger partial charge in [-0.05, 0) is 69.5 Å². The Bertz CT molecular complexity index is 1370. The molecule has 0 aliphatic rings. The second-order valence-corrected chi connectivity index (χ2v) is 7.97. The number of aliphatic imine (C=N–C) groups is 1. The number of para-hydroxylation sites is 1. The third-order valence-electron chi connectivity index (χ3n) is 5.32. The number of hydrogen-bond donors (Lipinski definition) is 1. The van der Waals surface area contributed by atoms with Crippen LogP contribution in [0.25, 0.3) is 11.0 Å². The number of amides is 2. The van der Waals surface area contributed by atoms with Crippen molar-refractivity contribution in [2.24, 2.45) is 4.99 Å². The molecule has 4 aromatic rings. The minimum absolute atomic E-state index is 0.128. The van der Waals surface area contributed by atoms with Gasteiger partial charge in [0.25, 0.3) is 11.8 Å². The van der Waals surface area contributed by atoms with Gasteiger partial charge in [-0.3, -0.25) is 9.59 Å². The number of nitrogens with one attached hydrogen (secondary N) is 1. The molecule has 0 unspecified atom stereocenters. The van der Waals surface area contributed by atoms with E-state index in [2.05, 4.69) is 27.1 Å². The molecule has 2 heterocycles. The van der Waals surface area contributed by atoms with Gasteiger partial charge in [-0.15, -0.1) is 0 Å². The van der Waals surface area contributed by atoms with Gasteiger partial charge in [-0.2, -0.15) is 5.10 Å². The Balaban J connectivity index is 1.56. The predicted molar refractivity (Wildman–Crippen MR) is 132 cm³/mol. The lowest BCUT2D eigenvalue weighted by molar-refractivity contribution is 0.0999. The van der Waals surface area contributed by atoms with E-state index < -0.39 is 5.91 Å². The highest BCUT2D eigenvalue weighted by Crippen LogP contribution is 2.28. The van der Waals surface area contributed by atoms with Gasteiger partial charge in [0.05, 0.1) is 22.7 Å². The van der Waals surface area contributed by atoms with Crippen LogP contribution in [0.3, 0.4) is 0 Å². The summed E-state index contributed by atoms with van der Waals surface area (Å²) in [7, 11) is 0. The third kappa shape index (κ3) is 4.56. The van der Waals surface area contributed by atoms with E-state index >= 15 is 0 Å². The van der Waals surface area contributed by atoms with Crippen molar-refractivity contribution in [1.82, 2.24) is 14.8 Å². The zero-order valence-corrected chi connectivity index (χ0v) is 19.3. The lowest BCUT2D eigenvalue weighted by Crippen LogP contribution is -2.14. The van der Waals surface area contributed by atoms with Gasteiger partial charge in [0.1, 0.15) is 11.5 Å². The summed E-state index contributed by atoms with van der Waals surface area (Å²) in [6, 6.07) is 15.7. The number of ether oxygens (including phenoxy) is 1. The van der Waals surface area contributed by atoms with Gasteiger partial charge in [-0.25, -0.2) is 14.7 Å². The first-order valence-electron chi connectivity index (χ1n) is 11.0. The van der Waals surface area contributed by atoms with Gasteiger partial charge in [-0.1, -0.05) is 19.1 Å². The number of carbonyl (C=O) groups is 2. The zero-order valence-electron chi connectivity index (χ0n) is 19.3. The first kappa shape index (κ1) is 22.8. The van der Waals surface area contributed by atoms with Crippen molar-refractivity contribution in [3.05, 3.63) is 77.6 Å². The van der Waals surface area contributed by atoms with Gasteiger partial charge >= 0.3 is 0 Å². The van der Waals surface area contributed by atoms with Crippen LogP contribution in [-0.4, -0.2) is 33.3 Å². The maximum Gasteiger partial charge on any atom is 0.280 e. The van der Waals surface area contributed by atoms with Gasteiger partial charge in [0, 0.05) is 17.4 Å². The van der Waals surface area contributed by atoms with Crippen molar-refractivity contribution < 1.29 is 14.3 Å². The van der Waals surface area contributed by atoms with E-state index in [1.54, 1.807) is 54.7 Å². The predicted octanol–water partition coefficient (Wildman–Crippen LogP) is 5.46. The molecule has 0 saturated heterocycles. The lowest BCUT2D eigenvalue weighted by Gasteiger charge is -2.11. The molecule has 172 valence electrons. The number of rotatable bonds is 7. The molecule has 1 N–H and O–H groups in total. The van der Waals surface area contributed by atoms with Gasteiger partial charge in [0.15, 0.2) is 5.65 Å². The molecule has 8 heteroatoms. The molecule has 0 radical (unpaired) electrons. The van der Waals surface area contributed by atoms with Crippen LogP contribution in [0.4, 0.5) is 5.69 Å². The average molecular weight is 456 g/mol. The van der Waals surface area contributed by atoms with Crippen molar-refractivity contribution in [3.63, 3.8) is 0 Å². The van der Waals surface area contributed by atoms with E-state index in [1.807, 2.05) is 31.5 Å². The fourth-order valence-corrected chi connectivity index (χ4v) is 3.57. The average Bonchev–Trinajstić information content (AvgIpc) is 3.28. The molecule has 0 aliphatic carbocycles. The number of fused-ring (bicyclic) bond motifs is 1. The Labute approximate surface area is 197 Å². The summed E-state index contributed by atoms with van der Waals surface area (Å²) < 4.78 is 7.67. The molecule has 0 spiro atoms. The second-order valence-electron chi connectivity index (χ2n) is 7.97. The first-order valence-corrected chi connectivity index (χ1v) is 11.0. The monoisotopic (exact) mass is 455 g/mol. The Morgan fingerprint density at radius 3 is 2.53 bits per heavy atom. The largest absolute Gasteiger partial charge is 0.457 e. The van der Waals surface area contributed by atoms with E-state index in [1.165, 1.54) is 0 Å². The highest BCUT2D eigenvalue weighted by atomic mass is 16.5. The summed E-state index contributed by atoms with van der Waals surface area (Å²) >= 11 is 0. The van der Waals surface area contributed by atoms with E-state index in [0.717, 1.165) is 5.69 Å². The van der Waals surface area contributed by atoms with Crippen molar-refractivity contribution in [1.29, 1.82) is 0 Å². The standard InChI is InChI=1S/C26H25N5O3/c1-5-17-14-21(22-15-28-31(16(2)3)24(22)29-17)26(33)30-18-10-12-19(13-11-18)34-23-9-7-6-8-20(23)25(32)27-4/h6-16H,4-5H2,1-3H3,(H,30,33). The molecule has 4 rings (SSSR count). The number of aromatic nitrogens is 3. The summed E-state index contributed by atoms with van der Waals surface area (Å²) in [5.41, 5.74) is 2.98. The molecular weight excluding hydrogens is 430 g/mol. The maximum absolute atomic E-state index is 13.1. The number of hydrogen-bond acceptors (Lipinski definition) is 5. The molecule has 2 aromatic heterocycles. The Morgan fingerprint density at radius 1 is 1.12 bits per heavy atom. The molecule has 34 heavy (non-hydrogen) atoms. The van der Waals surface area contributed by atoms with Crippen LogP contribution in [0, 0.1) is 0 Å². The quantitative estimate of drug-likeness (QED) is 0.373. The molecule has 0 bridgehead atoms. The molecule has 0 saturated carbocycles. The number of pyridine rings is 1. The number of nitrogens with zero attached hydrogens (tertiary/aromatic N) is 4.